The molecule has 2 N–H and O–H groups in total. The van der Waals surface area contributed by atoms with Gasteiger partial charge < -0.3 is 19.7 Å². The molecule has 0 saturated heterocycles. The van der Waals surface area contributed by atoms with Gasteiger partial charge in [-0.25, -0.2) is 19.9 Å². The van der Waals surface area contributed by atoms with Crippen LogP contribution in [0.25, 0.3) is 0 Å². The van der Waals surface area contributed by atoms with E-state index in [1.807, 2.05) is 60.7 Å². The van der Waals surface area contributed by atoms with E-state index in [1.165, 1.54) is 0 Å². The highest BCUT2D eigenvalue weighted by Gasteiger charge is 2.22. The van der Waals surface area contributed by atoms with Gasteiger partial charge in [-0.15, -0.1) is 0 Å². The first-order valence-electron chi connectivity index (χ1n) is 15.1. The Bertz CT molecular complexity index is 1420. The summed E-state index contributed by atoms with van der Waals surface area (Å²) in [6.07, 6.45) is 13.1. The summed E-state index contributed by atoms with van der Waals surface area (Å²) in [4.78, 5) is 16.8. The third-order valence-corrected chi connectivity index (χ3v) is 7.34. The molecule has 0 amide bonds. The molecular weight excluding hydrogens is 552 g/mol. The van der Waals surface area contributed by atoms with Crippen molar-refractivity contribution in [3.63, 3.8) is 0 Å². The van der Waals surface area contributed by atoms with E-state index in [4.69, 9.17) is 9.47 Å². The Morgan fingerprint density at radius 2 is 0.773 bits per heavy atom. The van der Waals surface area contributed by atoms with Crippen LogP contribution < -0.4 is 9.47 Å². The largest absolute Gasteiger partial charge is 0.460 e. The van der Waals surface area contributed by atoms with E-state index >= 15 is 0 Å². The van der Waals surface area contributed by atoms with Gasteiger partial charge in [0, 0.05) is 35.9 Å². The lowest BCUT2D eigenvalue weighted by Crippen LogP contribution is -2.27. The Balaban J connectivity index is 0.000000175. The Kier molecular flexibility index (Phi) is 11.3. The van der Waals surface area contributed by atoms with E-state index in [-0.39, 0.29) is 24.4 Å². The summed E-state index contributed by atoms with van der Waals surface area (Å²) in [6, 6.07) is 20.4. The molecular formula is C36H36N4O4. The molecule has 2 fully saturated rings. The quantitative estimate of drug-likeness (QED) is 0.316. The van der Waals surface area contributed by atoms with Crippen molar-refractivity contribution in [3.05, 3.63) is 108 Å². The van der Waals surface area contributed by atoms with Crippen molar-refractivity contribution in [2.75, 3.05) is 0 Å². The van der Waals surface area contributed by atoms with Gasteiger partial charge in [0.2, 0.25) is 0 Å². The maximum Gasteiger partial charge on any atom is 0.316 e. The lowest BCUT2D eigenvalue weighted by Gasteiger charge is -2.25. The minimum atomic E-state index is -0.184. The van der Waals surface area contributed by atoms with E-state index in [1.54, 1.807) is 24.8 Å². The Labute approximate surface area is 258 Å². The van der Waals surface area contributed by atoms with Gasteiger partial charge in [-0.05, 0) is 75.6 Å². The van der Waals surface area contributed by atoms with Crippen molar-refractivity contribution < 1.29 is 19.7 Å². The molecule has 0 unspecified atom stereocenters. The number of hydrogen-bond acceptors (Lipinski definition) is 8. The highest BCUT2D eigenvalue weighted by atomic mass is 16.5. The van der Waals surface area contributed by atoms with E-state index in [0.717, 1.165) is 73.6 Å². The van der Waals surface area contributed by atoms with E-state index in [0.29, 0.717) is 12.0 Å². The van der Waals surface area contributed by atoms with Gasteiger partial charge in [0.15, 0.2) is 0 Å². The smallest absolute Gasteiger partial charge is 0.316 e. The van der Waals surface area contributed by atoms with Crippen LogP contribution in [0, 0.1) is 23.7 Å². The number of benzene rings is 2. The van der Waals surface area contributed by atoms with Gasteiger partial charge in [0.05, 0.1) is 23.3 Å². The van der Waals surface area contributed by atoms with Crippen LogP contribution in [0.2, 0.25) is 0 Å². The van der Waals surface area contributed by atoms with Crippen LogP contribution in [0.4, 0.5) is 0 Å². The predicted octanol–water partition coefficient (Wildman–Crippen LogP) is 5.12. The maximum absolute atomic E-state index is 9.48. The van der Waals surface area contributed by atoms with E-state index in [9.17, 15) is 10.2 Å². The molecule has 2 aromatic heterocycles. The van der Waals surface area contributed by atoms with Gasteiger partial charge in [-0.3, -0.25) is 0 Å². The van der Waals surface area contributed by atoms with Crippen LogP contribution in [0.1, 0.15) is 73.6 Å². The Hall–Kier alpha value is -4.76. The average Bonchev–Trinajstić information content (AvgIpc) is 3.07. The molecule has 6 rings (SSSR count). The maximum atomic E-state index is 9.48. The van der Waals surface area contributed by atoms with Gasteiger partial charge in [0.1, 0.15) is 12.2 Å². The summed E-state index contributed by atoms with van der Waals surface area (Å²) in [5.74, 6) is 12.2. The molecule has 0 aliphatic heterocycles. The fourth-order valence-electron chi connectivity index (χ4n) is 4.84. The molecule has 0 atom stereocenters. The Morgan fingerprint density at radius 1 is 0.455 bits per heavy atom. The zero-order chi connectivity index (χ0) is 30.4. The standard InChI is InChI=1S/2C18H18N2O2/c2*21-16-8-10-17(11-9-16)22-18-19-12-15(13-20-18)7-6-14-4-2-1-3-5-14/h2*1-5,12-13,16-17,21H,8-11H2. The second-order valence-electron chi connectivity index (χ2n) is 10.8. The molecule has 0 bridgehead atoms. The minimum absolute atomic E-state index is 0.102. The lowest BCUT2D eigenvalue weighted by atomic mass is 9.95. The number of nitrogens with zero attached hydrogens (tertiary/aromatic N) is 4. The summed E-state index contributed by atoms with van der Waals surface area (Å²) in [5, 5.41) is 19.0. The first kappa shape index (κ1) is 30.7. The van der Waals surface area contributed by atoms with Gasteiger partial charge in [0.25, 0.3) is 0 Å². The number of aliphatic hydroxyl groups excluding tert-OH is 2. The number of hydrogen-bond donors (Lipinski definition) is 2. The van der Waals surface area contributed by atoms with Gasteiger partial charge in [-0.1, -0.05) is 60.1 Å². The number of ether oxygens (including phenoxy) is 2. The molecule has 2 aliphatic rings. The normalized spacial score (nSPS) is 20.8. The molecule has 44 heavy (non-hydrogen) atoms. The third kappa shape index (κ3) is 10.2. The first-order chi connectivity index (χ1) is 21.6. The molecule has 8 nitrogen and oxygen atoms in total. The molecule has 0 radical (unpaired) electrons. The third-order valence-electron chi connectivity index (χ3n) is 7.34. The molecule has 2 aliphatic carbocycles. The van der Waals surface area contributed by atoms with Crippen molar-refractivity contribution >= 4 is 0 Å². The zero-order valence-corrected chi connectivity index (χ0v) is 24.5. The van der Waals surface area contributed by atoms with Crippen LogP contribution in [0.3, 0.4) is 0 Å². The fraction of sp³-hybridized carbons (Fsp3) is 0.333. The Morgan fingerprint density at radius 3 is 1.11 bits per heavy atom. The lowest BCUT2D eigenvalue weighted by molar-refractivity contribution is 0.0618. The van der Waals surface area contributed by atoms with Crippen LogP contribution in [-0.2, 0) is 0 Å². The second kappa shape index (κ2) is 16.2. The minimum Gasteiger partial charge on any atom is -0.460 e. The molecule has 0 spiro atoms. The number of aliphatic hydroxyl groups is 2. The summed E-state index contributed by atoms with van der Waals surface area (Å²) in [6.45, 7) is 0. The van der Waals surface area contributed by atoms with Crippen LogP contribution >= 0.6 is 0 Å². The van der Waals surface area contributed by atoms with Crippen molar-refractivity contribution in [1.82, 2.24) is 19.9 Å². The molecule has 224 valence electrons. The SMILES string of the molecule is OC1CCC(Oc2ncc(C#Cc3ccccc3)cn2)CC1.OC1CCC(Oc2ncc(C#Cc3ccccc3)cn2)CC1. The van der Waals surface area contributed by atoms with Crippen LogP contribution in [-0.4, -0.2) is 54.6 Å². The van der Waals surface area contributed by atoms with E-state index in [2.05, 4.69) is 43.6 Å². The van der Waals surface area contributed by atoms with Crippen molar-refractivity contribution in [2.45, 2.75) is 75.8 Å². The predicted molar refractivity (Wildman–Crippen MR) is 167 cm³/mol. The average molecular weight is 589 g/mol. The number of aromatic nitrogens is 4. The fourth-order valence-corrected chi connectivity index (χ4v) is 4.84. The highest BCUT2D eigenvalue weighted by molar-refractivity contribution is 5.41. The summed E-state index contributed by atoms with van der Waals surface area (Å²) in [7, 11) is 0. The molecule has 2 saturated carbocycles. The van der Waals surface area contributed by atoms with Crippen molar-refractivity contribution in [3.8, 4) is 35.7 Å². The molecule has 8 heteroatoms. The highest BCUT2D eigenvalue weighted by Crippen LogP contribution is 2.23. The van der Waals surface area contributed by atoms with Crippen molar-refractivity contribution in [2.24, 2.45) is 0 Å². The van der Waals surface area contributed by atoms with Crippen LogP contribution in [0.15, 0.2) is 85.5 Å². The monoisotopic (exact) mass is 588 g/mol. The topological polar surface area (TPSA) is 110 Å². The first-order valence-corrected chi connectivity index (χ1v) is 15.1. The molecule has 2 heterocycles. The second-order valence-corrected chi connectivity index (χ2v) is 10.8. The zero-order valence-electron chi connectivity index (χ0n) is 24.5. The van der Waals surface area contributed by atoms with Gasteiger partial charge in [-0.2, -0.15) is 0 Å². The molecule has 4 aromatic rings. The number of rotatable bonds is 4. The summed E-state index contributed by atoms with van der Waals surface area (Å²) >= 11 is 0. The van der Waals surface area contributed by atoms with Crippen LogP contribution in [0.5, 0.6) is 12.0 Å². The summed E-state index contributed by atoms with van der Waals surface area (Å²) < 4.78 is 11.5. The van der Waals surface area contributed by atoms with Crippen molar-refractivity contribution in [1.29, 1.82) is 0 Å². The van der Waals surface area contributed by atoms with Gasteiger partial charge >= 0.3 is 12.0 Å². The van der Waals surface area contributed by atoms with E-state index < -0.39 is 0 Å². The molecule has 2 aromatic carbocycles. The summed E-state index contributed by atoms with van der Waals surface area (Å²) in [5.41, 5.74) is 3.44.